The normalized spacial score (nSPS) is 10.4. The Morgan fingerprint density at radius 3 is 2.37 bits per heavy atom. The van der Waals surface area contributed by atoms with Gasteiger partial charge in [0, 0.05) is 18.2 Å². The summed E-state index contributed by atoms with van der Waals surface area (Å²) in [4.78, 5) is 34.3. The molecule has 0 bridgehead atoms. The van der Waals surface area contributed by atoms with Crippen LogP contribution in [0.4, 0.5) is 5.69 Å². The Morgan fingerprint density at radius 1 is 1.00 bits per heavy atom. The van der Waals surface area contributed by atoms with Gasteiger partial charge in [-0.15, -0.1) is 0 Å². The summed E-state index contributed by atoms with van der Waals surface area (Å²) in [5, 5.41) is 14.7. The summed E-state index contributed by atoms with van der Waals surface area (Å²) < 4.78 is 6.37. The van der Waals surface area contributed by atoms with Crippen molar-refractivity contribution in [3.8, 4) is 0 Å². The predicted octanol–water partition coefficient (Wildman–Crippen LogP) is 2.56. The van der Waals surface area contributed by atoms with Crippen molar-refractivity contribution in [3.05, 3.63) is 104 Å². The molecule has 0 aliphatic carbocycles. The molecule has 136 valence electrons. The maximum Gasteiger partial charge on any atom is 0.359 e. The summed E-state index contributed by atoms with van der Waals surface area (Å²) >= 11 is 0. The van der Waals surface area contributed by atoms with Crippen LogP contribution in [0.15, 0.2) is 71.5 Å². The first-order valence-corrected chi connectivity index (χ1v) is 8.05. The maximum atomic E-state index is 12.2. The van der Waals surface area contributed by atoms with Crippen LogP contribution in [0, 0.1) is 10.1 Å². The predicted molar refractivity (Wildman–Crippen MR) is 96.3 cm³/mol. The highest BCUT2D eigenvalue weighted by atomic mass is 16.6. The lowest BCUT2D eigenvalue weighted by molar-refractivity contribution is -0.384. The zero-order chi connectivity index (χ0) is 19.2. The molecule has 1 aromatic heterocycles. The van der Waals surface area contributed by atoms with Crippen molar-refractivity contribution in [2.24, 2.45) is 0 Å². The molecule has 0 atom stereocenters. The number of carbonyl (C=O) groups excluding carboxylic acids is 1. The van der Waals surface area contributed by atoms with Crippen LogP contribution in [0.2, 0.25) is 0 Å². The van der Waals surface area contributed by atoms with Crippen molar-refractivity contribution in [2.75, 3.05) is 0 Å². The minimum absolute atomic E-state index is 0.00689. The minimum atomic E-state index is -0.685. The first kappa shape index (κ1) is 18.0. The second kappa shape index (κ2) is 8.05. The number of nitro groups is 1. The monoisotopic (exact) mass is 365 g/mol. The molecule has 0 saturated heterocycles. The summed E-state index contributed by atoms with van der Waals surface area (Å²) in [7, 11) is 0. The van der Waals surface area contributed by atoms with Gasteiger partial charge in [-0.3, -0.25) is 14.9 Å². The SMILES string of the molecule is O=C(OCc1ccc([N+](=O)[O-])cc1)c1ccc(=O)n(Cc2ccccc2)n1. The summed E-state index contributed by atoms with van der Waals surface area (Å²) in [6.07, 6.45) is 0. The maximum absolute atomic E-state index is 12.2. The minimum Gasteiger partial charge on any atom is -0.456 e. The molecule has 0 aliphatic heterocycles. The van der Waals surface area contributed by atoms with E-state index in [1.165, 1.54) is 41.1 Å². The summed E-state index contributed by atoms with van der Waals surface area (Å²) in [5.41, 5.74) is 1.12. The van der Waals surface area contributed by atoms with Crippen LogP contribution in [0.5, 0.6) is 0 Å². The molecule has 27 heavy (non-hydrogen) atoms. The first-order valence-electron chi connectivity index (χ1n) is 8.05. The average molecular weight is 365 g/mol. The highest BCUT2D eigenvalue weighted by molar-refractivity contribution is 5.86. The van der Waals surface area contributed by atoms with Crippen LogP contribution in [0.1, 0.15) is 21.6 Å². The third-order valence-corrected chi connectivity index (χ3v) is 3.77. The molecule has 0 fully saturated rings. The molecular formula is C19H15N3O5. The highest BCUT2D eigenvalue weighted by Gasteiger charge is 2.12. The number of rotatable bonds is 6. The first-order chi connectivity index (χ1) is 13.0. The van der Waals surface area contributed by atoms with Crippen LogP contribution in [0.25, 0.3) is 0 Å². The molecule has 0 N–H and O–H groups in total. The second-order valence-corrected chi connectivity index (χ2v) is 5.70. The van der Waals surface area contributed by atoms with Gasteiger partial charge < -0.3 is 4.74 Å². The van der Waals surface area contributed by atoms with Crippen molar-refractivity contribution in [1.29, 1.82) is 0 Å². The number of hydrogen-bond acceptors (Lipinski definition) is 6. The van der Waals surface area contributed by atoms with Crippen LogP contribution in [0.3, 0.4) is 0 Å². The highest BCUT2D eigenvalue weighted by Crippen LogP contribution is 2.13. The molecule has 1 heterocycles. The van der Waals surface area contributed by atoms with Crippen molar-refractivity contribution >= 4 is 11.7 Å². The molecule has 0 spiro atoms. The molecule has 0 amide bonds. The number of nitro benzene ring substituents is 1. The Balaban J connectivity index is 1.68. The van der Waals surface area contributed by atoms with Gasteiger partial charge in [0.2, 0.25) is 0 Å². The second-order valence-electron chi connectivity index (χ2n) is 5.70. The molecule has 0 aliphatic rings. The molecule has 8 heteroatoms. The Hall–Kier alpha value is -3.81. The number of esters is 1. The quantitative estimate of drug-likeness (QED) is 0.378. The van der Waals surface area contributed by atoms with E-state index in [0.717, 1.165) is 5.56 Å². The van der Waals surface area contributed by atoms with E-state index in [2.05, 4.69) is 5.10 Å². The number of carbonyl (C=O) groups is 1. The third-order valence-electron chi connectivity index (χ3n) is 3.77. The van der Waals surface area contributed by atoms with E-state index >= 15 is 0 Å². The fourth-order valence-corrected chi connectivity index (χ4v) is 2.36. The topological polar surface area (TPSA) is 104 Å². The van der Waals surface area contributed by atoms with Crippen molar-refractivity contribution in [1.82, 2.24) is 9.78 Å². The van der Waals surface area contributed by atoms with Crippen LogP contribution < -0.4 is 5.56 Å². The Bertz CT molecular complexity index is 1010. The van der Waals surface area contributed by atoms with Gasteiger partial charge in [0.25, 0.3) is 11.2 Å². The zero-order valence-corrected chi connectivity index (χ0v) is 14.1. The van der Waals surface area contributed by atoms with E-state index in [1.54, 1.807) is 0 Å². The van der Waals surface area contributed by atoms with Crippen LogP contribution in [-0.4, -0.2) is 20.7 Å². The Kier molecular flexibility index (Phi) is 5.36. The van der Waals surface area contributed by atoms with E-state index < -0.39 is 10.9 Å². The lowest BCUT2D eigenvalue weighted by Crippen LogP contribution is -2.25. The van der Waals surface area contributed by atoms with Gasteiger partial charge in [-0.05, 0) is 29.3 Å². The van der Waals surface area contributed by atoms with E-state index in [1.807, 2.05) is 30.3 Å². The molecule has 0 unspecified atom stereocenters. The van der Waals surface area contributed by atoms with Gasteiger partial charge in [0.05, 0.1) is 11.5 Å². The molecule has 0 saturated carbocycles. The molecule has 2 aromatic carbocycles. The fraction of sp³-hybridized carbons (Fsp3) is 0.105. The van der Waals surface area contributed by atoms with Gasteiger partial charge in [-0.1, -0.05) is 30.3 Å². The van der Waals surface area contributed by atoms with Gasteiger partial charge in [0.15, 0.2) is 5.69 Å². The Labute approximate surface area is 153 Å². The number of ether oxygens (including phenoxy) is 1. The van der Waals surface area contributed by atoms with Crippen LogP contribution in [-0.2, 0) is 17.9 Å². The van der Waals surface area contributed by atoms with E-state index in [-0.39, 0.29) is 30.1 Å². The number of aromatic nitrogens is 2. The molecular weight excluding hydrogens is 350 g/mol. The van der Waals surface area contributed by atoms with Crippen molar-refractivity contribution in [2.45, 2.75) is 13.2 Å². The van der Waals surface area contributed by atoms with E-state index in [0.29, 0.717) is 5.56 Å². The lowest BCUT2D eigenvalue weighted by Gasteiger charge is -2.08. The van der Waals surface area contributed by atoms with Gasteiger partial charge in [0.1, 0.15) is 6.61 Å². The molecule has 3 rings (SSSR count). The van der Waals surface area contributed by atoms with Crippen molar-refractivity contribution < 1.29 is 14.5 Å². The fourth-order valence-electron chi connectivity index (χ4n) is 2.36. The van der Waals surface area contributed by atoms with Gasteiger partial charge in [-0.25, -0.2) is 9.48 Å². The zero-order valence-electron chi connectivity index (χ0n) is 14.1. The smallest absolute Gasteiger partial charge is 0.359 e. The number of hydrogen-bond donors (Lipinski definition) is 0. The van der Waals surface area contributed by atoms with E-state index in [4.69, 9.17) is 4.74 Å². The molecule has 8 nitrogen and oxygen atoms in total. The summed E-state index contributed by atoms with van der Waals surface area (Å²) in [6.45, 7) is 0.180. The molecule has 0 radical (unpaired) electrons. The van der Waals surface area contributed by atoms with Crippen LogP contribution >= 0.6 is 0 Å². The summed E-state index contributed by atoms with van der Waals surface area (Å²) in [5.74, 6) is -0.685. The number of non-ortho nitro benzene ring substituents is 1. The largest absolute Gasteiger partial charge is 0.456 e. The van der Waals surface area contributed by atoms with Gasteiger partial charge in [-0.2, -0.15) is 5.10 Å². The third kappa shape index (κ3) is 4.63. The standard InChI is InChI=1S/C19H15N3O5/c23-18-11-10-17(20-21(18)12-14-4-2-1-3-5-14)19(24)27-13-15-6-8-16(9-7-15)22(25)26/h1-11H,12-13H2. The van der Waals surface area contributed by atoms with Crippen molar-refractivity contribution in [3.63, 3.8) is 0 Å². The summed E-state index contributed by atoms with van der Waals surface area (Å²) in [6, 6.07) is 17.5. The number of benzene rings is 2. The number of nitrogens with zero attached hydrogens (tertiary/aromatic N) is 3. The lowest BCUT2D eigenvalue weighted by atomic mass is 10.2. The average Bonchev–Trinajstić information content (AvgIpc) is 2.69. The Morgan fingerprint density at radius 2 is 1.70 bits per heavy atom. The van der Waals surface area contributed by atoms with E-state index in [9.17, 15) is 19.7 Å². The van der Waals surface area contributed by atoms with Gasteiger partial charge >= 0.3 is 5.97 Å². The molecule has 3 aromatic rings.